The number of alkyl halides is 2. The number of rotatable bonds is 5. The van der Waals surface area contributed by atoms with Gasteiger partial charge in [-0.25, -0.2) is 9.59 Å². The smallest absolute Gasteiger partial charge is 0.435 e. The van der Waals surface area contributed by atoms with Gasteiger partial charge in [-0.1, -0.05) is 89.0 Å². The monoisotopic (exact) mass is 650 g/mol. The summed E-state index contributed by atoms with van der Waals surface area (Å²) in [5.74, 6) is 0.184. The highest BCUT2D eigenvalue weighted by molar-refractivity contribution is 9.24. The van der Waals surface area contributed by atoms with Gasteiger partial charge in [0.2, 0.25) is 0 Å². The first-order chi connectivity index (χ1) is 17.3. The van der Waals surface area contributed by atoms with Gasteiger partial charge in [0.25, 0.3) is 0 Å². The van der Waals surface area contributed by atoms with E-state index in [9.17, 15) is 9.59 Å². The summed E-state index contributed by atoms with van der Waals surface area (Å²) in [6, 6.07) is 14.9. The van der Waals surface area contributed by atoms with Crippen LogP contribution in [0.5, 0.6) is 0 Å². The fourth-order valence-electron chi connectivity index (χ4n) is 3.54. The maximum Gasteiger partial charge on any atom is 0.435 e. The largest absolute Gasteiger partial charge is 0.444 e. The van der Waals surface area contributed by atoms with Crippen LogP contribution in [-0.2, 0) is 21.3 Å². The highest BCUT2D eigenvalue weighted by atomic mass is 79.9. The van der Waals surface area contributed by atoms with E-state index >= 15 is 0 Å². The van der Waals surface area contributed by atoms with Crippen LogP contribution in [-0.4, -0.2) is 29.2 Å². The molecule has 2 rings (SSSR count). The van der Waals surface area contributed by atoms with Crippen molar-refractivity contribution in [3.63, 3.8) is 0 Å². The van der Waals surface area contributed by atoms with Crippen molar-refractivity contribution < 1.29 is 19.1 Å². The number of amides is 2. The van der Waals surface area contributed by atoms with E-state index in [1.165, 1.54) is 5.56 Å². The van der Waals surface area contributed by atoms with E-state index in [1.54, 1.807) is 41.5 Å². The van der Waals surface area contributed by atoms with Crippen molar-refractivity contribution in [2.45, 2.75) is 95.5 Å². The fraction of sp³-hybridized carbons (Fsp3) is 0.500. The maximum absolute atomic E-state index is 12.4. The molecule has 0 spiro atoms. The van der Waals surface area contributed by atoms with Gasteiger partial charge in [-0.3, -0.25) is 5.32 Å². The van der Waals surface area contributed by atoms with Crippen LogP contribution in [0.25, 0.3) is 11.1 Å². The zero-order valence-electron chi connectivity index (χ0n) is 23.9. The highest BCUT2D eigenvalue weighted by Gasteiger charge is 2.21. The first-order valence-corrected chi connectivity index (χ1v) is 14.5. The van der Waals surface area contributed by atoms with Gasteiger partial charge in [0.05, 0.1) is 3.74 Å². The summed E-state index contributed by atoms with van der Waals surface area (Å²) in [6.45, 7) is 17.2. The van der Waals surface area contributed by atoms with Gasteiger partial charge >= 0.3 is 12.2 Å². The Kier molecular flexibility index (Phi) is 10.8. The minimum absolute atomic E-state index is 0.0302. The molecule has 8 heteroatoms. The molecule has 0 radical (unpaired) electrons. The van der Waals surface area contributed by atoms with Crippen LogP contribution in [0.4, 0.5) is 9.59 Å². The standard InChI is InChI=1S/C30H40Br2N2O4/c1-28(2,3)23-13-11-20(12-14-23)21-16-19(17-22(18-21)25(31)32)10-15-24(33-26(35)37-29(4,5)6)34-27(36)38-30(7,8)9/h11-14,16-18,25H,10,15H2,1-9H3,(H,33,34,35,36). The van der Waals surface area contributed by atoms with E-state index < -0.39 is 23.4 Å². The van der Waals surface area contributed by atoms with Gasteiger partial charge in [-0.05, 0) is 87.3 Å². The number of nitrogens with one attached hydrogen (secondary N) is 1. The fourth-order valence-corrected chi connectivity index (χ4v) is 4.07. The van der Waals surface area contributed by atoms with Crippen LogP contribution in [0.2, 0.25) is 0 Å². The van der Waals surface area contributed by atoms with Gasteiger partial charge in [0.15, 0.2) is 0 Å². The van der Waals surface area contributed by atoms with E-state index in [-0.39, 0.29) is 15.0 Å². The number of carbonyl (C=O) groups is 2. The SMILES string of the molecule is CC(C)(C)OC(=O)N=C(CCc1cc(-c2ccc(C(C)(C)C)cc2)cc(C(Br)Br)c1)NC(=O)OC(C)(C)C. The third-order valence-electron chi connectivity index (χ3n) is 5.27. The minimum Gasteiger partial charge on any atom is -0.444 e. The van der Waals surface area contributed by atoms with Crippen molar-refractivity contribution in [1.82, 2.24) is 5.32 Å². The van der Waals surface area contributed by atoms with Crippen molar-refractivity contribution in [2.24, 2.45) is 4.99 Å². The molecular formula is C30H40Br2N2O4. The molecule has 0 fully saturated rings. The topological polar surface area (TPSA) is 77.0 Å². The summed E-state index contributed by atoms with van der Waals surface area (Å²) in [5.41, 5.74) is 4.23. The first-order valence-electron chi connectivity index (χ1n) is 12.7. The third kappa shape index (κ3) is 11.3. The lowest BCUT2D eigenvalue weighted by atomic mass is 9.86. The van der Waals surface area contributed by atoms with E-state index in [2.05, 4.69) is 105 Å². The molecule has 0 heterocycles. The Bertz CT molecular complexity index is 1150. The second kappa shape index (κ2) is 12.8. The second-order valence-corrected chi connectivity index (χ2v) is 15.3. The van der Waals surface area contributed by atoms with Crippen molar-refractivity contribution >= 4 is 49.9 Å². The number of aliphatic imine (C=N–C) groups is 1. The predicted octanol–water partition coefficient (Wildman–Crippen LogP) is 9.23. The highest BCUT2D eigenvalue weighted by Crippen LogP contribution is 2.34. The van der Waals surface area contributed by atoms with Crippen LogP contribution < -0.4 is 5.32 Å². The van der Waals surface area contributed by atoms with E-state index in [0.29, 0.717) is 12.8 Å². The predicted molar refractivity (Wildman–Crippen MR) is 163 cm³/mol. The molecule has 2 aromatic carbocycles. The molecule has 0 saturated carbocycles. The van der Waals surface area contributed by atoms with Crippen LogP contribution in [0.3, 0.4) is 0 Å². The molecule has 0 aliphatic heterocycles. The van der Waals surface area contributed by atoms with Crippen molar-refractivity contribution in [3.05, 3.63) is 59.2 Å². The Balaban J connectivity index is 2.35. The molecule has 0 aliphatic rings. The number of halogens is 2. The Labute approximate surface area is 244 Å². The zero-order chi connectivity index (χ0) is 28.9. The van der Waals surface area contributed by atoms with E-state index in [0.717, 1.165) is 22.3 Å². The number of alkyl carbamates (subject to hydrolysis) is 1. The molecule has 2 aromatic rings. The lowest BCUT2D eigenvalue weighted by molar-refractivity contribution is 0.0561. The quantitative estimate of drug-likeness (QED) is 0.199. The van der Waals surface area contributed by atoms with Crippen molar-refractivity contribution in [2.75, 3.05) is 0 Å². The van der Waals surface area contributed by atoms with Crippen LogP contribution in [0.15, 0.2) is 47.5 Å². The molecule has 0 aromatic heterocycles. The lowest BCUT2D eigenvalue weighted by Crippen LogP contribution is -2.37. The molecule has 6 nitrogen and oxygen atoms in total. The molecular weight excluding hydrogens is 612 g/mol. The number of amidine groups is 1. The molecule has 2 amide bonds. The number of ether oxygens (including phenoxy) is 2. The summed E-state index contributed by atoms with van der Waals surface area (Å²) in [6.07, 6.45) is -0.600. The summed E-state index contributed by atoms with van der Waals surface area (Å²) < 4.78 is 10.7. The Morgan fingerprint density at radius 3 is 1.92 bits per heavy atom. The van der Waals surface area contributed by atoms with Crippen molar-refractivity contribution in [3.8, 4) is 11.1 Å². The summed E-state index contributed by atoms with van der Waals surface area (Å²) in [5, 5.41) is 2.63. The lowest BCUT2D eigenvalue weighted by Gasteiger charge is -2.21. The van der Waals surface area contributed by atoms with Gasteiger partial charge < -0.3 is 9.47 Å². The first kappa shape index (κ1) is 32.0. The molecule has 208 valence electrons. The van der Waals surface area contributed by atoms with Crippen LogP contribution >= 0.6 is 31.9 Å². The number of aryl methyl sites for hydroxylation is 1. The summed E-state index contributed by atoms with van der Waals surface area (Å²) in [4.78, 5) is 28.9. The minimum atomic E-state index is -0.766. The van der Waals surface area contributed by atoms with Gasteiger partial charge in [-0.15, -0.1) is 0 Å². The molecule has 0 saturated heterocycles. The Morgan fingerprint density at radius 1 is 0.842 bits per heavy atom. The molecule has 38 heavy (non-hydrogen) atoms. The Hall–Kier alpha value is -2.19. The number of hydrogen-bond donors (Lipinski definition) is 1. The zero-order valence-corrected chi connectivity index (χ0v) is 27.0. The number of hydrogen-bond acceptors (Lipinski definition) is 4. The van der Waals surface area contributed by atoms with Gasteiger partial charge in [0, 0.05) is 6.42 Å². The number of benzene rings is 2. The average molecular weight is 652 g/mol. The number of carbonyl (C=O) groups excluding carboxylic acids is 2. The van der Waals surface area contributed by atoms with E-state index in [1.807, 2.05) is 0 Å². The molecule has 1 N–H and O–H groups in total. The average Bonchev–Trinajstić information content (AvgIpc) is 2.74. The summed E-state index contributed by atoms with van der Waals surface area (Å²) in [7, 11) is 0. The summed E-state index contributed by atoms with van der Waals surface area (Å²) >= 11 is 7.24. The van der Waals surface area contributed by atoms with Crippen molar-refractivity contribution in [1.29, 1.82) is 0 Å². The third-order valence-corrected chi connectivity index (χ3v) is 6.32. The van der Waals surface area contributed by atoms with Gasteiger partial charge in [-0.2, -0.15) is 4.99 Å². The van der Waals surface area contributed by atoms with Gasteiger partial charge in [0.1, 0.15) is 17.0 Å². The van der Waals surface area contributed by atoms with E-state index in [4.69, 9.17) is 9.47 Å². The second-order valence-electron chi connectivity index (χ2n) is 12.3. The molecule has 0 unspecified atom stereocenters. The van der Waals surface area contributed by atoms with Crippen LogP contribution in [0, 0.1) is 0 Å². The molecule has 0 bridgehead atoms. The van der Waals surface area contributed by atoms with Crippen LogP contribution in [0.1, 0.15) is 89.2 Å². The molecule has 0 aliphatic carbocycles. The Morgan fingerprint density at radius 2 is 1.42 bits per heavy atom. The maximum atomic E-state index is 12.4. The number of nitrogens with zero attached hydrogens (tertiary/aromatic N) is 1. The molecule has 0 atom stereocenters. The normalized spacial score (nSPS) is 12.9.